The third kappa shape index (κ3) is 3.99. The maximum Gasteiger partial charge on any atom is 0.223 e. The largest absolute Gasteiger partial charge is 0.356 e. The molecule has 1 aliphatic rings. The van der Waals surface area contributed by atoms with Crippen molar-refractivity contribution in [2.24, 2.45) is 5.92 Å². The van der Waals surface area contributed by atoms with Crippen LogP contribution in [0.25, 0.3) is 0 Å². The van der Waals surface area contributed by atoms with Gasteiger partial charge >= 0.3 is 0 Å². The molecule has 0 radical (unpaired) electrons. The van der Waals surface area contributed by atoms with Crippen LogP contribution in [0.2, 0.25) is 0 Å². The van der Waals surface area contributed by atoms with Crippen LogP contribution < -0.4 is 10.6 Å². The number of hydrogen-bond donors (Lipinski definition) is 2. The van der Waals surface area contributed by atoms with E-state index in [1.54, 1.807) is 0 Å². The molecule has 1 aromatic rings. The number of rotatable bonds is 4. The first kappa shape index (κ1) is 13.9. The Balaban J connectivity index is 1.76. The van der Waals surface area contributed by atoms with E-state index < -0.39 is 11.6 Å². The Kier molecular flexibility index (Phi) is 4.85. The van der Waals surface area contributed by atoms with Gasteiger partial charge in [0.15, 0.2) is 11.6 Å². The van der Waals surface area contributed by atoms with Crippen LogP contribution in [-0.2, 0) is 11.2 Å². The predicted octanol–water partition coefficient (Wildman–Crippen LogP) is 1.62. The van der Waals surface area contributed by atoms with Crippen molar-refractivity contribution in [1.29, 1.82) is 0 Å². The van der Waals surface area contributed by atoms with Gasteiger partial charge < -0.3 is 10.6 Å². The summed E-state index contributed by atoms with van der Waals surface area (Å²) >= 11 is 0. The van der Waals surface area contributed by atoms with Crippen LogP contribution in [0.1, 0.15) is 18.4 Å². The van der Waals surface area contributed by atoms with Crippen molar-refractivity contribution in [2.75, 3.05) is 19.6 Å². The monoisotopic (exact) mass is 268 g/mol. The molecule has 1 saturated heterocycles. The van der Waals surface area contributed by atoms with Gasteiger partial charge in [-0.05, 0) is 50.0 Å². The normalized spacial score (nSPS) is 16.3. The molecule has 1 heterocycles. The molecule has 1 aromatic carbocycles. The lowest BCUT2D eigenvalue weighted by molar-refractivity contribution is -0.125. The van der Waals surface area contributed by atoms with Crippen LogP contribution in [-0.4, -0.2) is 25.5 Å². The number of halogens is 2. The van der Waals surface area contributed by atoms with E-state index in [-0.39, 0.29) is 11.8 Å². The zero-order valence-corrected chi connectivity index (χ0v) is 10.7. The van der Waals surface area contributed by atoms with Crippen molar-refractivity contribution in [2.45, 2.75) is 19.3 Å². The van der Waals surface area contributed by atoms with Gasteiger partial charge in [-0.25, -0.2) is 8.78 Å². The highest BCUT2D eigenvalue weighted by Crippen LogP contribution is 2.12. The third-order valence-electron chi connectivity index (χ3n) is 3.41. The molecular weight excluding hydrogens is 250 g/mol. The maximum atomic E-state index is 13.0. The van der Waals surface area contributed by atoms with Gasteiger partial charge in [0.1, 0.15) is 0 Å². The summed E-state index contributed by atoms with van der Waals surface area (Å²) in [7, 11) is 0. The zero-order chi connectivity index (χ0) is 13.7. The fourth-order valence-electron chi connectivity index (χ4n) is 2.25. The number of nitrogens with one attached hydrogen (secondary N) is 2. The summed E-state index contributed by atoms with van der Waals surface area (Å²) in [6.07, 6.45) is 2.22. The molecule has 1 fully saturated rings. The lowest BCUT2D eigenvalue weighted by atomic mass is 9.97. The summed E-state index contributed by atoms with van der Waals surface area (Å²) in [5.74, 6) is -1.56. The molecule has 104 valence electrons. The lowest BCUT2D eigenvalue weighted by Gasteiger charge is -2.21. The van der Waals surface area contributed by atoms with Crippen LogP contribution >= 0.6 is 0 Å². The summed E-state index contributed by atoms with van der Waals surface area (Å²) in [5.41, 5.74) is 0.685. The lowest BCUT2D eigenvalue weighted by Crippen LogP contribution is -2.38. The predicted molar refractivity (Wildman–Crippen MR) is 68.7 cm³/mol. The number of amides is 1. The molecule has 0 aromatic heterocycles. The van der Waals surface area contributed by atoms with Gasteiger partial charge in [-0.2, -0.15) is 0 Å². The van der Waals surface area contributed by atoms with E-state index in [1.165, 1.54) is 12.1 Å². The van der Waals surface area contributed by atoms with E-state index >= 15 is 0 Å². The fourth-order valence-corrected chi connectivity index (χ4v) is 2.25. The van der Waals surface area contributed by atoms with Crippen LogP contribution in [0.5, 0.6) is 0 Å². The molecule has 2 rings (SSSR count). The van der Waals surface area contributed by atoms with Crippen molar-refractivity contribution < 1.29 is 13.6 Å². The highest BCUT2D eigenvalue weighted by molar-refractivity contribution is 5.78. The molecule has 0 unspecified atom stereocenters. The molecule has 3 nitrogen and oxygen atoms in total. The molecular formula is C14H18F2N2O. The van der Waals surface area contributed by atoms with Gasteiger partial charge in [0.05, 0.1) is 0 Å². The van der Waals surface area contributed by atoms with E-state index in [4.69, 9.17) is 0 Å². The Morgan fingerprint density at radius 3 is 2.68 bits per heavy atom. The van der Waals surface area contributed by atoms with Crippen LogP contribution in [0.3, 0.4) is 0 Å². The minimum atomic E-state index is -0.845. The van der Waals surface area contributed by atoms with Gasteiger partial charge in [0.2, 0.25) is 5.91 Å². The molecule has 2 N–H and O–H groups in total. The van der Waals surface area contributed by atoms with Crippen LogP contribution in [0.4, 0.5) is 8.78 Å². The van der Waals surface area contributed by atoms with Crippen molar-refractivity contribution in [3.05, 3.63) is 35.4 Å². The molecule has 19 heavy (non-hydrogen) atoms. The summed E-state index contributed by atoms with van der Waals surface area (Å²) in [4.78, 5) is 11.8. The second kappa shape index (κ2) is 6.61. The molecule has 0 bridgehead atoms. The number of carbonyl (C=O) groups is 1. The third-order valence-corrected chi connectivity index (χ3v) is 3.41. The van der Waals surface area contributed by atoms with Gasteiger partial charge in [0.25, 0.3) is 0 Å². The Morgan fingerprint density at radius 2 is 2.00 bits per heavy atom. The van der Waals surface area contributed by atoms with Crippen LogP contribution in [0.15, 0.2) is 18.2 Å². The highest BCUT2D eigenvalue weighted by atomic mass is 19.2. The van der Waals surface area contributed by atoms with Crippen LogP contribution in [0, 0.1) is 17.6 Å². The quantitative estimate of drug-likeness (QED) is 0.871. The minimum absolute atomic E-state index is 0.0593. The summed E-state index contributed by atoms with van der Waals surface area (Å²) < 4.78 is 25.7. The second-order valence-corrected chi connectivity index (χ2v) is 4.81. The van der Waals surface area contributed by atoms with Crippen molar-refractivity contribution in [3.8, 4) is 0 Å². The first-order valence-corrected chi connectivity index (χ1v) is 6.59. The Morgan fingerprint density at radius 1 is 1.26 bits per heavy atom. The second-order valence-electron chi connectivity index (χ2n) is 4.81. The van der Waals surface area contributed by atoms with E-state index in [9.17, 15) is 13.6 Å². The molecule has 0 saturated carbocycles. The standard InChI is InChI=1S/C14H18F2N2O/c15-12-2-1-10(9-13(12)16)3-8-18-14(19)11-4-6-17-7-5-11/h1-2,9,11,17H,3-8H2,(H,18,19). The maximum absolute atomic E-state index is 13.0. The number of hydrogen-bond acceptors (Lipinski definition) is 2. The fraction of sp³-hybridized carbons (Fsp3) is 0.500. The number of benzene rings is 1. The Labute approximate surface area is 111 Å². The topological polar surface area (TPSA) is 41.1 Å². The smallest absolute Gasteiger partial charge is 0.223 e. The number of carbonyl (C=O) groups excluding carboxylic acids is 1. The summed E-state index contributed by atoms with van der Waals surface area (Å²) in [6.45, 7) is 2.20. The first-order valence-electron chi connectivity index (χ1n) is 6.59. The Hall–Kier alpha value is -1.49. The van der Waals surface area contributed by atoms with E-state index in [2.05, 4.69) is 10.6 Å². The zero-order valence-electron chi connectivity index (χ0n) is 10.7. The molecule has 0 spiro atoms. The SMILES string of the molecule is O=C(NCCc1ccc(F)c(F)c1)C1CCNCC1. The molecule has 0 aliphatic carbocycles. The van der Waals surface area contributed by atoms with Crippen molar-refractivity contribution in [3.63, 3.8) is 0 Å². The minimum Gasteiger partial charge on any atom is -0.356 e. The highest BCUT2D eigenvalue weighted by Gasteiger charge is 2.20. The van der Waals surface area contributed by atoms with E-state index in [1.807, 2.05) is 0 Å². The molecule has 1 aliphatic heterocycles. The average Bonchev–Trinajstić information content (AvgIpc) is 2.43. The van der Waals surface area contributed by atoms with Gasteiger partial charge in [-0.3, -0.25) is 4.79 Å². The van der Waals surface area contributed by atoms with Gasteiger partial charge in [-0.15, -0.1) is 0 Å². The molecule has 0 atom stereocenters. The summed E-state index contributed by atoms with van der Waals surface area (Å²) in [5, 5.41) is 6.06. The average molecular weight is 268 g/mol. The molecule has 5 heteroatoms. The van der Waals surface area contributed by atoms with Crippen molar-refractivity contribution in [1.82, 2.24) is 10.6 Å². The van der Waals surface area contributed by atoms with Crippen molar-refractivity contribution >= 4 is 5.91 Å². The molecule has 1 amide bonds. The summed E-state index contributed by atoms with van der Waals surface area (Å²) in [6, 6.07) is 3.82. The van der Waals surface area contributed by atoms with Gasteiger partial charge in [0, 0.05) is 12.5 Å². The first-order chi connectivity index (χ1) is 9.16. The number of piperidine rings is 1. The van der Waals surface area contributed by atoms with E-state index in [0.717, 1.165) is 32.0 Å². The Bertz CT molecular complexity index is 445. The van der Waals surface area contributed by atoms with E-state index in [0.29, 0.717) is 18.5 Å². The van der Waals surface area contributed by atoms with Gasteiger partial charge in [-0.1, -0.05) is 6.07 Å².